The Morgan fingerprint density at radius 2 is 2.21 bits per heavy atom. The lowest BCUT2D eigenvalue weighted by Gasteiger charge is -2.34. The summed E-state index contributed by atoms with van der Waals surface area (Å²) in [6.45, 7) is 3.91. The standard InChI is InChI=1S/C8H17ClN2O2S/c1-7-5-11(2)4-3-8(7)10-14(12,13)6-9/h7-8,10H,3-6H2,1-2H3. The monoisotopic (exact) mass is 240 g/mol. The van der Waals surface area contributed by atoms with Crippen LogP contribution in [-0.2, 0) is 10.0 Å². The number of sulfonamides is 1. The molecule has 0 aliphatic carbocycles. The highest BCUT2D eigenvalue weighted by molar-refractivity contribution is 7.90. The minimum absolute atomic E-state index is 0.0370. The Kier molecular flexibility index (Phi) is 4.18. The molecular formula is C8H17ClN2O2S. The molecule has 0 amide bonds. The Balaban J connectivity index is 2.54. The highest BCUT2D eigenvalue weighted by Crippen LogP contribution is 2.16. The predicted molar refractivity (Wildman–Crippen MR) is 57.8 cm³/mol. The van der Waals surface area contributed by atoms with Crippen molar-refractivity contribution in [1.29, 1.82) is 0 Å². The Morgan fingerprint density at radius 1 is 1.57 bits per heavy atom. The van der Waals surface area contributed by atoms with Crippen LogP contribution in [0.25, 0.3) is 0 Å². The fraction of sp³-hybridized carbons (Fsp3) is 1.00. The van der Waals surface area contributed by atoms with E-state index in [9.17, 15) is 8.42 Å². The number of piperidine rings is 1. The third-order valence-electron chi connectivity index (χ3n) is 2.58. The number of nitrogens with zero attached hydrogens (tertiary/aromatic N) is 1. The first-order chi connectivity index (χ1) is 6.44. The number of rotatable bonds is 3. The summed E-state index contributed by atoms with van der Waals surface area (Å²) in [4.78, 5) is 2.20. The zero-order valence-electron chi connectivity index (χ0n) is 8.53. The second-order valence-corrected chi connectivity index (χ2v) is 6.31. The molecule has 0 aromatic rings. The summed E-state index contributed by atoms with van der Waals surface area (Å²) in [6, 6.07) is 0.0370. The van der Waals surface area contributed by atoms with E-state index >= 15 is 0 Å². The van der Waals surface area contributed by atoms with Gasteiger partial charge in [-0.3, -0.25) is 0 Å². The van der Waals surface area contributed by atoms with Crippen molar-refractivity contribution in [2.75, 3.05) is 25.3 Å². The van der Waals surface area contributed by atoms with Crippen LogP contribution in [0.2, 0.25) is 0 Å². The van der Waals surface area contributed by atoms with Crippen LogP contribution in [0.3, 0.4) is 0 Å². The van der Waals surface area contributed by atoms with E-state index in [0.717, 1.165) is 19.5 Å². The van der Waals surface area contributed by atoms with E-state index in [2.05, 4.69) is 16.5 Å². The average Bonchev–Trinajstić information content (AvgIpc) is 2.10. The summed E-state index contributed by atoms with van der Waals surface area (Å²) < 4.78 is 25.1. The Morgan fingerprint density at radius 3 is 2.71 bits per heavy atom. The van der Waals surface area contributed by atoms with Crippen LogP contribution in [0, 0.1) is 5.92 Å². The maximum atomic E-state index is 11.2. The molecule has 6 heteroatoms. The molecule has 1 fully saturated rings. The highest BCUT2D eigenvalue weighted by Gasteiger charge is 2.27. The topological polar surface area (TPSA) is 49.4 Å². The SMILES string of the molecule is CC1CN(C)CCC1NS(=O)(=O)CCl. The van der Waals surface area contributed by atoms with Gasteiger partial charge in [0.15, 0.2) is 0 Å². The molecule has 4 nitrogen and oxygen atoms in total. The summed E-state index contributed by atoms with van der Waals surface area (Å²) >= 11 is 5.33. The molecule has 14 heavy (non-hydrogen) atoms. The molecular weight excluding hydrogens is 224 g/mol. The van der Waals surface area contributed by atoms with E-state index in [4.69, 9.17) is 11.6 Å². The summed E-state index contributed by atoms with van der Waals surface area (Å²) in [5.41, 5.74) is 0. The van der Waals surface area contributed by atoms with Crippen molar-refractivity contribution in [1.82, 2.24) is 9.62 Å². The predicted octanol–water partition coefficient (Wildman–Crippen LogP) is 0.442. The lowest BCUT2D eigenvalue weighted by atomic mass is 9.95. The van der Waals surface area contributed by atoms with Gasteiger partial charge >= 0.3 is 0 Å². The first-order valence-corrected chi connectivity index (χ1v) is 6.88. The van der Waals surface area contributed by atoms with E-state index < -0.39 is 10.0 Å². The van der Waals surface area contributed by atoms with Crippen LogP contribution < -0.4 is 4.72 Å². The Hall–Kier alpha value is 0.160. The van der Waals surface area contributed by atoms with Gasteiger partial charge in [-0.05, 0) is 25.9 Å². The van der Waals surface area contributed by atoms with Crippen LogP contribution in [0.4, 0.5) is 0 Å². The molecule has 0 radical (unpaired) electrons. The van der Waals surface area contributed by atoms with Gasteiger partial charge in [0.25, 0.3) is 0 Å². The van der Waals surface area contributed by atoms with Gasteiger partial charge in [0.05, 0.1) is 0 Å². The summed E-state index contributed by atoms with van der Waals surface area (Å²) in [7, 11) is -1.23. The molecule has 1 aliphatic heterocycles. The largest absolute Gasteiger partial charge is 0.306 e. The molecule has 0 aromatic heterocycles. The van der Waals surface area contributed by atoms with Gasteiger partial charge in [0.2, 0.25) is 10.0 Å². The lowest BCUT2D eigenvalue weighted by Crippen LogP contribution is -2.48. The van der Waals surface area contributed by atoms with Crippen LogP contribution in [-0.4, -0.2) is 44.7 Å². The van der Waals surface area contributed by atoms with Gasteiger partial charge in [0, 0.05) is 12.6 Å². The Labute approximate surface area is 90.7 Å². The number of nitrogens with one attached hydrogen (secondary N) is 1. The second kappa shape index (κ2) is 4.79. The van der Waals surface area contributed by atoms with Gasteiger partial charge in [-0.1, -0.05) is 6.92 Å². The minimum atomic E-state index is -3.27. The lowest BCUT2D eigenvalue weighted by molar-refractivity contribution is 0.188. The van der Waals surface area contributed by atoms with Crippen LogP contribution >= 0.6 is 11.6 Å². The fourth-order valence-electron chi connectivity index (χ4n) is 1.79. The zero-order chi connectivity index (χ0) is 10.8. The quantitative estimate of drug-likeness (QED) is 0.729. The molecule has 1 heterocycles. The first kappa shape index (κ1) is 12.2. The second-order valence-electron chi connectivity index (χ2n) is 3.98. The molecule has 1 rings (SSSR count). The molecule has 0 spiro atoms. The highest BCUT2D eigenvalue weighted by atomic mass is 35.5. The molecule has 1 aliphatic rings. The first-order valence-electron chi connectivity index (χ1n) is 4.69. The van der Waals surface area contributed by atoms with Crippen molar-refractivity contribution in [3.05, 3.63) is 0 Å². The molecule has 84 valence electrons. The summed E-state index contributed by atoms with van der Waals surface area (Å²) in [6.07, 6.45) is 0.855. The van der Waals surface area contributed by atoms with Crippen LogP contribution in [0.5, 0.6) is 0 Å². The van der Waals surface area contributed by atoms with Crippen LogP contribution in [0.15, 0.2) is 0 Å². The van der Waals surface area contributed by atoms with Gasteiger partial charge in [-0.25, -0.2) is 13.1 Å². The maximum absolute atomic E-state index is 11.2. The maximum Gasteiger partial charge on any atom is 0.225 e. The van der Waals surface area contributed by atoms with E-state index in [1.54, 1.807) is 0 Å². The number of hydrogen-bond acceptors (Lipinski definition) is 3. The van der Waals surface area contributed by atoms with Crippen molar-refractivity contribution >= 4 is 21.6 Å². The van der Waals surface area contributed by atoms with Crippen molar-refractivity contribution in [3.63, 3.8) is 0 Å². The van der Waals surface area contributed by atoms with E-state index in [0.29, 0.717) is 5.92 Å². The molecule has 2 unspecified atom stereocenters. The normalized spacial score (nSPS) is 30.5. The van der Waals surface area contributed by atoms with Gasteiger partial charge in [-0.2, -0.15) is 0 Å². The van der Waals surface area contributed by atoms with Gasteiger partial charge in [-0.15, -0.1) is 11.6 Å². The minimum Gasteiger partial charge on any atom is -0.306 e. The molecule has 1 saturated heterocycles. The average molecular weight is 241 g/mol. The number of alkyl halides is 1. The molecule has 0 saturated carbocycles. The van der Waals surface area contributed by atoms with Gasteiger partial charge in [0.1, 0.15) is 5.21 Å². The van der Waals surface area contributed by atoms with E-state index in [1.807, 2.05) is 7.05 Å². The van der Waals surface area contributed by atoms with Crippen molar-refractivity contribution in [2.45, 2.75) is 19.4 Å². The molecule has 1 N–H and O–H groups in total. The van der Waals surface area contributed by atoms with Crippen molar-refractivity contribution in [2.24, 2.45) is 5.92 Å². The summed E-state index contributed by atoms with van der Waals surface area (Å²) in [5.74, 6) is 0.340. The smallest absolute Gasteiger partial charge is 0.225 e. The molecule has 0 aromatic carbocycles. The number of halogens is 1. The van der Waals surface area contributed by atoms with Crippen molar-refractivity contribution in [3.8, 4) is 0 Å². The number of hydrogen-bond donors (Lipinski definition) is 1. The third-order valence-corrected chi connectivity index (χ3v) is 4.39. The number of likely N-dealkylation sites (tertiary alicyclic amines) is 1. The van der Waals surface area contributed by atoms with Crippen LogP contribution in [0.1, 0.15) is 13.3 Å². The Bertz CT molecular complexity index is 281. The molecule has 2 atom stereocenters. The van der Waals surface area contributed by atoms with Crippen molar-refractivity contribution < 1.29 is 8.42 Å². The summed E-state index contributed by atoms with van der Waals surface area (Å²) in [5, 5.41) is -0.355. The zero-order valence-corrected chi connectivity index (χ0v) is 10.1. The van der Waals surface area contributed by atoms with E-state index in [-0.39, 0.29) is 11.3 Å². The van der Waals surface area contributed by atoms with Gasteiger partial charge < -0.3 is 4.90 Å². The third kappa shape index (κ3) is 3.38. The molecule has 0 bridgehead atoms. The van der Waals surface area contributed by atoms with E-state index in [1.165, 1.54) is 0 Å². The fourth-order valence-corrected chi connectivity index (χ4v) is 2.85.